The summed E-state index contributed by atoms with van der Waals surface area (Å²) in [6, 6.07) is 14.9. The smallest absolute Gasteiger partial charge is 0.279 e. The van der Waals surface area contributed by atoms with Crippen LogP contribution in [0, 0.1) is 0 Å². The van der Waals surface area contributed by atoms with Gasteiger partial charge in [0.2, 0.25) is 5.95 Å². The summed E-state index contributed by atoms with van der Waals surface area (Å²) >= 11 is 1.64. The number of aromatic amines is 1. The first-order valence-corrected chi connectivity index (χ1v) is 8.44. The largest absolute Gasteiger partial charge is 0.497 e. The zero-order valence-corrected chi connectivity index (χ0v) is 14.1. The van der Waals surface area contributed by atoms with Gasteiger partial charge in [-0.2, -0.15) is 0 Å². The van der Waals surface area contributed by atoms with Crippen molar-refractivity contribution in [3.8, 4) is 17.0 Å². The van der Waals surface area contributed by atoms with E-state index in [0.29, 0.717) is 11.5 Å². The van der Waals surface area contributed by atoms with Crippen molar-refractivity contribution in [3.63, 3.8) is 0 Å². The Balaban J connectivity index is 1.85. The van der Waals surface area contributed by atoms with E-state index in [1.165, 1.54) is 0 Å². The van der Waals surface area contributed by atoms with E-state index < -0.39 is 0 Å². The molecule has 3 aromatic rings. The highest BCUT2D eigenvalue weighted by molar-refractivity contribution is 7.98. The molecule has 0 amide bonds. The summed E-state index contributed by atoms with van der Waals surface area (Å²) in [5.41, 5.74) is 1.48. The lowest BCUT2D eigenvalue weighted by Gasteiger charge is -2.07. The van der Waals surface area contributed by atoms with Crippen molar-refractivity contribution in [2.45, 2.75) is 4.90 Å². The molecule has 0 saturated carbocycles. The van der Waals surface area contributed by atoms with E-state index in [2.05, 4.69) is 20.5 Å². The topological polar surface area (TPSA) is 79.9 Å². The molecule has 122 valence electrons. The molecule has 0 aliphatic heterocycles. The highest BCUT2D eigenvalue weighted by Gasteiger charge is 2.08. The summed E-state index contributed by atoms with van der Waals surface area (Å²) < 4.78 is 5.11. The zero-order chi connectivity index (χ0) is 16.9. The number of methoxy groups -OCH3 is 1. The fourth-order valence-corrected chi connectivity index (χ4v) is 2.63. The van der Waals surface area contributed by atoms with Gasteiger partial charge in [-0.25, -0.2) is 0 Å². The van der Waals surface area contributed by atoms with Crippen LogP contribution in [0.4, 0.5) is 11.6 Å². The van der Waals surface area contributed by atoms with Crippen molar-refractivity contribution in [3.05, 3.63) is 58.9 Å². The van der Waals surface area contributed by atoms with E-state index in [9.17, 15) is 4.79 Å². The number of benzene rings is 2. The number of ether oxygens (including phenoxy) is 1. The molecule has 0 unspecified atom stereocenters. The van der Waals surface area contributed by atoms with Gasteiger partial charge < -0.3 is 10.1 Å². The zero-order valence-electron chi connectivity index (χ0n) is 13.2. The summed E-state index contributed by atoms with van der Waals surface area (Å²) in [6.07, 6.45) is 2.00. The Morgan fingerprint density at radius 1 is 1.12 bits per heavy atom. The highest BCUT2D eigenvalue weighted by atomic mass is 32.2. The minimum absolute atomic E-state index is 0.265. The second kappa shape index (κ2) is 7.18. The number of nitrogens with one attached hydrogen (secondary N) is 2. The van der Waals surface area contributed by atoms with Crippen LogP contribution >= 0.6 is 11.8 Å². The maximum atomic E-state index is 12.3. The summed E-state index contributed by atoms with van der Waals surface area (Å²) in [6.45, 7) is 0. The number of nitrogens with zero attached hydrogens (tertiary/aromatic N) is 2. The lowest BCUT2D eigenvalue weighted by Crippen LogP contribution is -2.15. The van der Waals surface area contributed by atoms with Gasteiger partial charge in [0.25, 0.3) is 5.56 Å². The molecule has 1 heterocycles. The third-order valence-electron chi connectivity index (χ3n) is 3.39. The molecule has 0 aliphatic rings. The van der Waals surface area contributed by atoms with Gasteiger partial charge in [0.05, 0.1) is 7.11 Å². The molecule has 24 heavy (non-hydrogen) atoms. The van der Waals surface area contributed by atoms with Crippen LogP contribution in [0.15, 0.2) is 58.2 Å². The quantitative estimate of drug-likeness (QED) is 0.694. The number of anilines is 2. The fourth-order valence-electron chi connectivity index (χ4n) is 2.17. The molecule has 1 aromatic heterocycles. The van der Waals surface area contributed by atoms with Gasteiger partial charge in [-0.3, -0.25) is 9.78 Å². The molecule has 0 aliphatic carbocycles. The Hall–Kier alpha value is -2.80. The van der Waals surface area contributed by atoms with E-state index in [4.69, 9.17) is 4.74 Å². The standard InChI is InChI=1S/C17H16N4O2S/c1-23-13-8-6-11(7-9-13)15-16(22)19-17(21-20-15)18-12-4-3-5-14(10-12)24-2/h3-10H,1-2H3,(H2,18,19,21,22). The molecule has 0 bridgehead atoms. The van der Waals surface area contributed by atoms with Crippen LogP contribution in [0.25, 0.3) is 11.3 Å². The van der Waals surface area contributed by atoms with E-state index in [0.717, 1.165) is 16.3 Å². The summed E-state index contributed by atoms with van der Waals surface area (Å²) in [4.78, 5) is 16.1. The van der Waals surface area contributed by atoms with E-state index in [-0.39, 0.29) is 11.3 Å². The monoisotopic (exact) mass is 340 g/mol. The highest BCUT2D eigenvalue weighted by Crippen LogP contribution is 2.21. The number of rotatable bonds is 5. The molecular formula is C17H16N4O2S. The third-order valence-corrected chi connectivity index (χ3v) is 4.12. The van der Waals surface area contributed by atoms with E-state index in [1.54, 1.807) is 43.1 Å². The molecule has 0 radical (unpaired) electrons. The molecule has 0 spiro atoms. The minimum Gasteiger partial charge on any atom is -0.497 e. The Morgan fingerprint density at radius 2 is 1.92 bits per heavy atom. The summed E-state index contributed by atoms with van der Waals surface area (Å²) in [7, 11) is 1.59. The molecule has 0 atom stereocenters. The molecule has 0 fully saturated rings. The van der Waals surface area contributed by atoms with Crippen molar-refractivity contribution in [1.29, 1.82) is 0 Å². The first kappa shape index (κ1) is 16.1. The predicted octanol–water partition coefficient (Wildman–Crippen LogP) is 3.31. The number of hydrogen-bond acceptors (Lipinski definition) is 6. The molecule has 3 rings (SSSR count). The van der Waals surface area contributed by atoms with Gasteiger partial charge in [-0.05, 0) is 48.7 Å². The van der Waals surface area contributed by atoms with Gasteiger partial charge in [0.15, 0.2) is 5.69 Å². The lowest BCUT2D eigenvalue weighted by atomic mass is 10.1. The molecule has 2 aromatic carbocycles. The average molecular weight is 340 g/mol. The molecule has 0 saturated heterocycles. The lowest BCUT2D eigenvalue weighted by molar-refractivity contribution is 0.415. The van der Waals surface area contributed by atoms with Crippen LogP contribution in [-0.2, 0) is 0 Å². The van der Waals surface area contributed by atoms with Gasteiger partial charge in [-0.15, -0.1) is 22.0 Å². The maximum absolute atomic E-state index is 12.3. The van der Waals surface area contributed by atoms with Crippen LogP contribution in [0.3, 0.4) is 0 Å². The predicted molar refractivity (Wildman–Crippen MR) is 96.1 cm³/mol. The van der Waals surface area contributed by atoms with Crippen molar-refractivity contribution < 1.29 is 4.74 Å². The van der Waals surface area contributed by atoms with Gasteiger partial charge in [-0.1, -0.05) is 6.07 Å². The Labute approximate surface area is 143 Å². The van der Waals surface area contributed by atoms with E-state index >= 15 is 0 Å². The Morgan fingerprint density at radius 3 is 2.58 bits per heavy atom. The summed E-state index contributed by atoms with van der Waals surface area (Å²) in [5.74, 6) is 1.02. The van der Waals surface area contributed by atoms with Crippen molar-refractivity contribution in [2.24, 2.45) is 0 Å². The number of hydrogen-bond donors (Lipinski definition) is 2. The van der Waals surface area contributed by atoms with Crippen molar-refractivity contribution in [2.75, 3.05) is 18.7 Å². The number of H-pyrrole nitrogens is 1. The number of aromatic nitrogens is 3. The second-order valence-corrected chi connectivity index (χ2v) is 5.82. The molecular weight excluding hydrogens is 324 g/mol. The van der Waals surface area contributed by atoms with Crippen LogP contribution in [0.2, 0.25) is 0 Å². The first-order chi connectivity index (χ1) is 11.7. The Kier molecular flexibility index (Phi) is 4.81. The average Bonchev–Trinajstić information content (AvgIpc) is 2.62. The molecule has 7 heteroatoms. The summed E-state index contributed by atoms with van der Waals surface area (Å²) in [5, 5.41) is 11.1. The van der Waals surface area contributed by atoms with Gasteiger partial charge in [0.1, 0.15) is 5.75 Å². The van der Waals surface area contributed by atoms with Crippen LogP contribution in [0.5, 0.6) is 5.75 Å². The minimum atomic E-state index is -0.307. The van der Waals surface area contributed by atoms with E-state index in [1.807, 2.05) is 30.5 Å². The van der Waals surface area contributed by atoms with Gasteiger partial charge >= 0.3 is 0 Å². The normalized spacial score (nSPS) is 10.4. The SMILES string of the molecule is COc1ccc(-c2nnc(Nc3cccc(SC)c3)[nH]c2=O)cc1. The maximum Gasteiger partial charge on any atom is 0.279 e. The van der Waals surface area contributed by atoms with Crippen molar-refractivity contribution >= 4 is 23.4 Å². The first-order valence-electron chi connectivity index (χ1n) is 7.22. The van der Waals surface area contributed by atoms with Crippen molar-refractivity contribution in [1.82, 2.24) is 15.2 Å². The molecule has 6 nitrogen and oxygen atoms in total. The third kappa shape index (κ3) is 3.57. The van der Waals surface area contributed by atoms with Crippen LogP contribution in [-0.4, -0.2) is 28.5 Å². The van der Waals surface area contributed by atoms with Crippen LogP contribution < -0.4 is 15.6 Å². The van der Waals surface area contributed by atoms with Crippen LogP contribution in [0.1, 0.15) is 0 Å². The fraction of sp³-hybridized carbons (Fsp3) is 0.118. The second-order valence-electron chi connectivity index (χ2n) is 4.94. The molecule has 2 N–H and O–H groups in total. The number of thioether (sulfide) groups is 1. The van der Waals surface area contributed by atoms with Gasteiger partial charge in [0, 0.05) is 16.1 Å². The Bertz CT molecular complexity index is 894.